The zero-order chi connectivity index (χ0) is 26.1. The van der Waals surface area contributed by atoms with Crippen LogP contribution < -0.4 is 14.8 Å². The smallest absolute Gasteiger partial charge is 0.322 e. The largest absolute Gasteiger partial charge is 0.497 e. The molecule has 0 atom stereocenters. The number of hydrogen-bond donors (Lipinski definition) is 1. The maximum atomic E-state index is 13.0. The van der Waals surface area contributed by atoms with Crippen LogP contribution in [0.4, 0.5) is 10.5 Å². The lowest BCUT2D eigenvalue weighted by molar-refractivity contribution is 0.142. The molecule has 6 rings (SSSR count). The second kappa shape index (κ2) is 10.4. The summed E-state index contributed by atoms with van der Waals surface area (Å²) in [5.41, 5.74) is 5.08. The van der Waals surface area contributed by atoms with Crippen molar-refractivity contribution >= 4 is 38.2 Å². The van der Waals surface area contributed by atoms with Gasteiger partial charge >= 0.3 is 6.03 Å². The maximum absolute atomic E-state index is 13.0. The lowest BCUT2D eigenvalue weighted by atomic mass is 10.1. The average molecular weight is 528 g/mol. The predicted molar refractivity (Wildman–Crippen MR) is 151 cm³/mol. The Bertz CT molecular complexity index is 1590. The van der Waals surface area contributed by atoms with Crippen LogP contribution in [0, 0.1) is 0 Å². The van der Waals surface area contributed by atoms with Crippen molar-refractivity contribution in [2.75, 3.05) is 45.7 Å². The monoisotopic (exact) mass is 527 g/mol. The first-order valence-electron chi connectivity index (χ1n) is 12.6. The van der Waals surface area contributed by atoms with E-state index in [1.54, 1.807) is 25.6 Å². The summed E-state index contributed by atoms with van der Waals surface area (Å²) in [6.07, 6.45) is 0. The number of fused-ring (bicyclic) bond motifs is 3. The van der Waals surface area contributed by atoms with E-state index >= 15 is 0 Å². The van der Waals surface area contributed by atoms with Crippen LogP contribution in [0.1, 0.15) is 5.69 Å². The van der Waals surface area contributed by atoms with Gasteiger partial charge in [-0.05, 0) is 30.3 Å². The van der Waals surface area contributed by atoms with E-state index < -0.39 is 0 Å². The van der Waals surface area contributed by atoms with Crippen LogP contribution in [0.3, 0.4) is 0 Å². The number of methoxy groups -OCH3 is 2. The molecule has 2 amide bonds. The topological polar surface area (TPSA) is 71.3 Å². The number of para-hydroxylation sites is 2. The standard InChI is InChI=1S/C29H29N5O3S/c1-36-21-12-13-23-26(18-21)38-29-31-27(20-8-4-3-5-9-20)24(34(23)29)19-32-14-16-33(17-15-32)28(35)30-22-10-6-7-11-25(22)37-2/h3-13,18H,14-17,19H2,1-2H3,(H,30,35). The van der Waals surface area contributed by atoms with E-state index in [-0.39, 0.29) is 6.03 Å². The minimum atomic E-state index is -0.108. The number of piperazine rings is 1. The van der Waals surface area contributed by atoms with Crippen molar-refractivity contribution in [1.29, 1.82) is 0 Å². The number of benzene rings is 3. The molecular formula is C29H29N5O3S. The van der Waals surface area contributed by atoms with Crippen LogP contribution in [0.15, 0.2) is 72.8 Å². The Kier molecular flexibility index (Phi) is 6.61. The number of rotatable bonds is 6. The number of carbonyl (C=O) groups is 1. The van der Waals surface area contributed by atoms with Gasteiger partial charge in [0.15, 0.2) is 4.96 Å². The number of anilines is 1. The Labute approximate surface area is 225 Å². The summed E-state index contributed by atoms with van der Waals surface area (Å²) in [6, 6.07) is 23.9. The van der Waals surface area contributed by atoms with Gasteiger partial charge < -0.3 is 19.7 Å². The highest BCUT2D eigenvalue weighted by atomic mass is 32.1. The molecule has 38 heavy (non-hydrogen) atoms. The Balaban J connectivity index is 1.24. The second-order valence-corrected chi connectivity index (χ2v) is 10.2. The molecule has 1 aliphatic rings. The molecule has 0 spiro atoms. The van der Waals surface area contributed by atoms with E-state index in [1.807, 2.05) is 41.3 Å². The Morgan fingerprint density at radius 3 is 2.47 bits per heavy atom. The molecule has 1 N–H and O–H groups in total. The fourth-order valence-corrected chi connectivity index (χ4v) is 6.04. The van der Waals surface area contributed by atoms with Crippen LogP contribution >= 0.6 is 11.3 Å². The van der Waals surface area contributed by atoms with Crippen molar-refractivity contribution in [3.05, 3.63) is 78.5 Å². The van der Waals surface area contributed by atoms with Crippen molar-refractivity contribution in [3.63, 3.8) is 0 Å². The maximum Gasteiger partial charge on any atom is 0.322 e. The van der Waals surface area contributed by atoms with Gasteiger partial charge in [0, 0.05) is 38.3 Å². The number of hydrogen-bond acceptors (Lipinski definition) is 6. The normalized spacial score (nSPS) is 14.2. The summed E-state index contributed by atoms with van der Waals surface area (Å²) in [6.45, 7) is 3.58. The molecule has 0 aliphatic carbocycles. The quantitative estimate of drug-likeness (QED) is 0.312. The summed E-state index contributed by atoms with van der Waals surface area (Å²) in [7, 11) is 3.29. The summed E-state index contributed by atoms with van der Waals surface area (Å²) >= 11 is 1.67. The molecule has 9 heteroatoms. The molecule has 2 aromatic heterocycles. The van der Waals surface area contributed by atoms with E-state index in [0.29, 0.717) is 24.5 Å². The van der Waals surface area contributed by atoms with Gasteiger partial charge in [-0.25, -0.2) is 9.78 Å². The van der Waals surface area contributed by atoms with Crippen LogP contribution in [-0.2, 0) is 6.54 Å². The van der Waals surface area contributed by atoms with Crippen molar-refractivity contribution in [1.82, 2.24) is 19.2 Å². The summed E-state index contributed by atoms with van der Waals surface area (Å²) in [5, 5.41) is 2.99. The number of urea groups is 1. The lowest BCUT2D eigenvalue weighted by Crippen LogP contribution is -2.49. The highest BCUT2D eigenvalue weighted by Gasteiger charge is 2.25. The Hall–Kier alpha value is -4.08. The molecule has 194 valence electrons. The highest BCUT2D eigenvalue weighted by Crippen LogP contribution is 2.35. The van der Waals surface area contributed by atoms with Crippen LogP contribution in [-0.4, -0.2) is 65.6 Å². The molecule has 3 heterocycles. The third-order valence-electron chi connectivity index (χ3n) is 6.98. The molecule has 0 unspecified atom stereocenters. The average Bonchev–Trinajstić information content (AvgIpc) is 3.50. The van der Waals surface area contributed by atoms with E-state index in [9.17, 15) is 4.79 Å². The minimum Gasteiger partial charge on any atom is -0.497 e. The Morgan fingerprint density at radius 1 is 0.947 bits per heavy atom. The highest BCUT2D eigenvalue weighted by molar-refractivity contribution is 7.23. The minimum absolute atomic E-state index is 0.108. The van der Waals surface area contributed by atoms with E-state index in [4.69, 9.17) is 14.5 Å². The SMILES string of the molecule is COc1ccc2c(c1)sc1nc(-c3ccccc3)c(CN3CCN(C(=O)Nc4ccccc4OC)CC3)n12. The van der Waals surface area contributed by atoms with Gasteiger partial charge in [-0.3, -0.25) is 9.30 Å². The van der Waals surface area contributed by atoms with Crippen LogP contribution in [0.25, 0.3) is 26.4 Å². The molecule has 1 saturated heterocycles. The van der Waals surface area contributed by atoms with Gasteiger partial charge in [-0.15, -0.1) is 0 Å². The first kappa shape index (κ1) is 24.3. The van der Waals surface area contributed by atoms with Gasteiger partial charge in [-0.2, -0.15) is 0 Å². The zero-order valence-corrected chi connectivity index (χ0v) is 22.2. The number of imidazole rings is 1. The fraction of sp³-hybridized carbons (Fsp3) is 0.241. The number of thiazole rings is 1. The molecule has 0 saturated carbocycles. The van der Waals surface area contributed by atoms with Crippen molar-refractivity contribution in [2.24, 2.45) is 0 Å². The summed E-state index contributed by atoms with van der Waals surface area (Å²) < 4.78 is 14.2. The molecule has 8 nitrogen and oxygen atoms in total. The third kappa shape index (κ3) is 4.55. The van der Waals surface area contributed by atoms with Gasteiger partial charge in [0.2, 0.25) is 0 Å². The fourth-order valence-electron chi connectivity index (χ4n) is 4.97. The molecule has 3 aromatic carbocycles. The van der Waals surface area contributed by atoms with E-state index in [1.165, 1.54) is 0 Å². The van der Waals surface area contributed by atoms with Crippen LogP contribution in [0.5, 0.6) is 11.5 Å². The first-order valence-corrected chi connectivity index (χ1v) is 13.4. The molecular weight excluding hydrogens is 498 g/mol. The van der Waals surface area contributed by atoms with E-state index in [0.717, 1.165) is 57.5 Å². The van der Waals surface area contributed by atoms with E-state index in [2.05, 4.69) is 51.0 Å². The molecule has 0 radical (unpaired) electrons. The number of nitrogens with one attached hydrogen (secondary N) is 1. The first-order chi connectivity index (χ1) is 18.6. The third-order valence-corrected chi connectivity index (χ3v) is 7.98. The number of aromatic nitrogens is 2. The number of amides is 2. The lowest BCUT2D eigenvalue weighted by Gasteiger charge is -2.34. The van der Waals surface area contributed by atoms with Gasteiger partial charge in [0.05, 0.1) is 41.5 Å². The molecule has 1 fully saturated rings. The van der Waals surface area contributed by atoms with Gasteiger partial charge in [0.1, 0.15) is 11.5 Å². The molecule has 1 aliphatic heterocycles. The molecule has 5 aromatic rings. The zero-order valence-electron chi connectivity index (χ0n) is 21.4. The number of carbonyl (C=O) groups excluding carboxylic acids is 1. The van der Waals surface area contributed by atoms with Gasteiger partial charge in [-0.1, -0.05) is 53.8 Å². The van der Waals surface area contributed by atoms with Crippen molar-refractivity contribution < 1.29 is 14.3 Å². The summed E-state index contributed by atoms with van der Waals surface area (Å²) in [5.74, 6) is 1.49. The van der Waals surface area contributed by atoms with Crippen molar-refractivity contribution in [2.45, 2.75) is 6.54 Å². The summed E-state index contributed by atoms with van der Waals surface area (Å²) in [4.78, 5) is 23.3. The second-order valence-electron chi connectivity index (χ2n) is 9.22. The predicted octanol–water partition coefficient (Wildman–Crippen LogP) is 5.58. The molecule has 0 bridgehead atoms. The number of nitrogens with zero attached hydrogens (tertiary/aromatic N) is 4. The van der Waals surface area contributed by atoms with Crippen LogP contribution in [0.2, 0.25) is 0 Å². The van der Waals surface area contributed by atoms with Gasteiger partial charge in [0.25, 0.3) is 0 Å². The number of ether oxygens (including phenoxy) is 2. The van der Waals surface area contributed by atoms with Crippen molar-refractivity contribution in [3.8, 4) is 22.8 Å². The Morgan fingerprint density at radius 2 is 1.71 bits per heavy atom.